The molecule has 1 heterocycles. The smallest absolute Gasteiger partial charge is 0.207 e. The number of hydrogen-bond donors (Lipinski definition) is 0. The fraction of sp³-hybridized carbons (Fsp3) is 0. The average Bonchev–Trinajstić information content (AvgIpc) is 2.69. The van der Waals surface area contributed by atoms with Gasteiger partial charge in [-0.05, 0) is 66.2 Å². The van der Waals surface area contributed by atoms with Crippen molar-refractivity contribution in [2.75, 3.05) is 0 Å². The first-order valence-corrected chi connectivity index (χ1v) is 10.7. The molecule has 4 aromatic rings. The lowest BCUT2D eigenvalue weighted by Crippen LogP contribution is -1.86. The van der Waals surface area contributed by atoms with E-state index in [1.54, 1.807) is 0 Å². The van der Waals surface area contributed by atoms with Crippen LogP contribution in [0.2, 0.25) is 0 Å². The second kappa shape index (κ2) is 8.09. The van der Waals surface area contributed by atoms with Gasteiger partial charge in [-0.25, -0.2) is 4.42 Å². The van der Waals surface area contributed by atoms with Gasteiger partial charge in [0.05, 0.1) is 23.3 Å². The molecule has 4 rings (SSSR count). The van der Waals surface area contributed by atoms with Crippen molar-refractivity contribution in [3.8, 4) is 33.8 Å². The van der Waals surface area contributed by atoms with Gasteiger partial charge in [0.2, 0.25) is 0 Å². The molecule has 0 aliphatic carbocycles. The summed E-state index contributed by atoms with van der Waals surface area (Å²) in [6.07, 6.45) is 0. The standard InChI is InChI=1S/C23H14Br3O/c24-19-8-4-15(5-9-19)22-13-18(17-2-1-3-21(26)12-17)14-23(27-22)16-6-10-20(25)11-7-16/h1-14H/q+1. The number of benzene rings is 3. The van der Waals surface area contributed by atoms with E-state index < -0.39 is 0 Å². The lowest BCUT2D eigenvalue weighted by atomic mass is 10.0. The SMILES string of the molecule is Brc1ccc(-c2cc(-c3cccc(Br)c3)cc(-c3ccc(Br)cc3)[o+]2)cc1. The quantitative estimate of drug-likeness (QED) is 0.234. The zero-order chi connectivity index (χ0) is 18.8. The van der Waals surface area contributed by atoms with Gasteiger partial charge in [0.15, 0.2) is 0 Å². The highest BCUT2D eigenvalue weighted by atomic mass is 79.9. The van der Waals surface area contributed by atoms with Gasteiger partial charge in [-0.15, -0.1) is 0 Å². The van der Waals surface area contributed by atoms with Gasteiger partial charge in [0, 0.05) is 19.0 Å². The summed E-state index contributed by atoms with van der Waals surface area (Å²) in [4.78, 5) is 0. The molecule has 0 amide bonds. The van der Waals surface area contributed by atoms with E-state index in [1.165, 1.54) is 0 Å². The molecule has 0 saturated heterocycles. The van der Waals surface area contributed by atoms with Gasteiger partial charge in [0.25, 0.3) is 0 Å². The van der Waals surface area contributed by atoms with Crippen molar-refractivity contribution in [2.24, 2.45) is 0 Å². The molecule has 132 valence electrons. The number of hydrogen-bond acceptors (Lipinski definition) is 0. The molecular formula is C23H14Br3O+. The summed E-state index contributed by atoms with van der Waals surface area (Å²) >= 11 is 10.6. The molecule has 1 nitrogen and oxygen atoms in total. The first kappa shape index (κ1) is 18.6. The van der Waals surface area contributed by atoms with Crippen LogP contribution < -0.4 is 0 Å². The van der Waals surface area contributed by atoms with Gasteiger partial charge in [-0.1, -0.05) is 59.9 Å². The fourth-order valence-electron chi connectivity index (χ4n) is 2.85. The Balaban J connectivity index is 1.90. The Morgan fingerprint density at radius 1 is 0.444 bits per heavy atom. The van der Waals surface area contributed by atoms with E-state index in [0.717, 1.165) is 47.2 Å². The van der Waals surface area contributed by atoms with Gasteiger partial charge < -0.3 is 0 Å². The molecule has 0 unspecified atom stereocenters. The molecular weight excluding hydrogens is 532 g/mol. The minimum Gasteiger partial charge on any atom is -0.207 e. The first-order valence-electron chi connectivity index (χ1n) is 8.34. The molecule has 4 heteroatoms. The molecule has 0 atom stereocenters. The van der Waals surface area contributed by atoms with Crippen LogP contribution in [-0.4, -0.2) is 0 Å². The van der Waals surface area contributed by atoms with Crippen LogP contribution in [0.25, 0.3) is 33.8 Å². The molecule has 0 radical (unpaired) electrons. The van der Waals surface area contributed by atoms with E-state index in [0.29, 0.717) is 0 Å². The van der Waals surface area contributed by atoms with Crippen LogP contribution in [0.3, 0.4) is 0 Å². The zero-order valence-corrected chi connectivity index (χ0v) is 18.9. The molecule has 0 aliphatic heterocycles. The van der Waals surface area contributed by atoms with Crippen LogP contribution in [0.4, 0.5) is 0 Å². The molecule has 0 bridgehead atoms. The van der Waals surface area contributed by atoms with E-state index in [-0.39, 0.29) is 0 Å². The third kappa shape index (κ3) is 4.40. The summed E-state index contributed by atoms with van der Waals surface area (Å²) in [6.45, 7) is 0. The Kier molecular flexibility index (Phi) is 5.58. The minimum atomic E-state index is 0.831. The van der Waals surface area contributed by atoms with Gasteiger partial charge >= 0.3 is 11.5 Å². The summed E-state index contributed by atoms with van der Waals surface area (Å²) in [5, 5.41) is 0. The van der Waals surface area contributed by atoms with E-state index >= 15 is 0 Å². The van der Waals surface area contributed by atoms with Gasteiger partial charge in [-0.2, -0.15) is 0 Å². The van der Waals surface area contributed by atoms with Crippen molar-refractivity contribution in [1.29, 1.82) is 0 Å². The molecule has 0 aliphatic rings. The van der Waals surface area contributed by atoms with Crippen LogP contribution in [0.1, 0.15) is 0 Å². The zero-order valence-electron chi connectivity index (χ0n) is 14.1. The predicted octanol–water partition coefficient (Wildman–Crippen LogP) is 8.85. The summed E-state index contributed by atoms with van der Waals surface area (Å²) < 4.78 is 9.42. The maximum atomic E-state index is 6.28. The molecule has 0 saturated carbocycles. The van der Waals surface area contributed by atoms with E-state index in [1.807, 2.05) is 36.4 Å². The van der Waals surface area contributed by atoms with Crippen molar-refractivity contribution < 1.29 is 4.42 Å². The topological polar surface area (TPSA) is 11.3 Å². The Morgan fingerprint density at radius 2 is 0.963 bits per heavy atom. The molecule has 0 spiro atoms. The molecule has 27 heavy (non-hydrogen) atoms. The molecule has 0 N–H and O–H groups in total. The van der Waals surface area contributed by atoms with E-state index in [2.05, 4.69) is 96.3 Å². The Bertz CT molecular complexity index is 1020. The maximum absolute atomic E-state index is 6.28. The fourth-order valence-corrected chi connectivity index (χ4v) is 3.78. The van der Waals surface area contributed by atoms with Crippen molar-refractivity contribution in [3.63, 3.8) is 0 Å². The largest absolute Gasteiger partial charge is 0.361 e. The summed E-state index contributed by atoms with van der Waals surface area (Å²) in [6, 6.07) is 28.8. The predicted molar refractivity (Wildman–Crippen MR) is 123 cm³/mol. The summed E-state index contributed by atoms with van der Waals surface area (Å²) in [5.41, 5.74) is 4.32. The summed E-state index contributed by atoms with van der Waals surface area (Å²) in [5.74, 6) is 1.66. The van der Waals surface area contributed by atoms with Crippen LogP contribution in [-0.2, 0) is 0 Å². The summed E-state index contributed by atoms with van der Waals surface area (Å²) in [7, 11) is 0. The second-order valence-corrected chi connectivity index (χ2v) is 8.85. The normalized spacial score (nSPS) is 10.8. The lowest BCUT2D eigenvalue weighted by Gasteiger charge is -2.03. The van der Waals surface area contributed by atoms with Crippen molar-refractivity contribution in [2.45, 2.75) is 0 Å². The van der Waals surface area contributed by atoms with Crippen molar-refractivity contribution in [3.05, 3.63) is 98.3 Å². The Morgan fingerprint density at radius 3 is 1.44 bits per heavy atom. The molecule has 3 aromatic carbocycles. The second-order valence-electron chi connectivity index (χ2n) is 6.10. The first-order chi connectivity index (χ1) is 13.1. The maximum Gasteiger partial charge on any atom is 0.361 e. The van der Waals surface area contributed by atoms with Crippen LogP contribution in [0, 0.1) is 0 Å². The van der Waals surface area contributed by atoms with E-state index in [9.17, 15) is 0 Å². The van der Waals surface area contributed by atoms with Gasteiger partial charge in [0.1, 0.15) is 0 Å². The van der Waals surface area contributed by atoms with Crippen molar-refractivity contribution >= 4 is 47.8 Å². The number of halogens is 3. The van der Waals surface area contributed by atoms with Crippen LogP contribution in [0.15, 0.2) is 103 Å². The third-order valence-electron chi connectivity index (χ3n) is 4.21. The monoisotopic (exact) mass is 543 g/mol. The van der Waals surface area contributed by atoms with E-state index in [4.69, 9.17) is 4.42 Å². The van der Waals surface area contributed by atoms with Crippen molar-refractivity contribution in [1.82, 2.24) is 0 Å². The third-order valence-corrected chi connectivity index (χ3v) is 5.76. The molecule has 1 aromatic heterocycles. The molecule has 0 fully saturated rings. The minimum absolute atomic E-state index is 0.831. The highest BCUT2D eigenvalue weighted by Gasteiger charge is 2.20. The highest BCUT2D eigenvalue weighted by molar-refractivity contribution is 9.11. The van der Waals surface area contributed by atoms with Gasteiger partial charge in [-0.3, -0.25) is 0 Å². The Labute approximate surface area is 183 Å². The Hall–Kier alpha value is -1.75. The lowest BCUT2D eigenvalue weighted by molar-refractivity contribution is 0.582. The number of rotatable bonds is 3. The van der Waals surface area contributed by atoms with Crippen LogP contribution >= 0.6 is 47.8 Å². The average molecular weight is 546 g/mol. The van der Waals surface area contributed by atoms with Crippen LogP contribution in [0.5, 0.6) is 0 Å². The highest BCUT2D eigenvalue weighted by Crippen LogP contribution is 2.34.